The van der Waals surface area contributed by atoms with Gasteiger partial charge in [0, 0.05) is 5.38 Å². The number of carbonyl (C=O) groups excluding carboxylic acids is 1. The Morgan fingerprint density at radius 3 is 2.42 bits per heavy atom. The van der Waals surface area contributed by atoms with Crippen molar-refractivity contribution >= 4 is 43.5 Å². The highest BCUT2D eigenvalue weighted by Crippen LogP contribution is 2.31. The standard InChI is InChI=1S/C18H18N2O3S3/c1-12-6-8-13(9-7-12)26(22,23)18(2,3)16(21)20-17-19-14(11-25-17)15-5-4-10-24-15/h4-11H,1-3H3,(H,19,20,21). The summed E-state index contributed by atoms with van der Waals surface area (Å²) in [5.74, 6) is -0.606. The summed E-state index contributed by atoms with van der Waals surface area (Å²) in [6, 6.07) is 10.4. The minimum Gasteiger partial charge on any atom is -0.301 e. The third-order valence-electron chi connectivity index (χ3n) is 4.05. The van der Waals surface area contributed by atoms with Crippen molar-refractivity contribution in [2.45, 2.75) is 30.4 Å². The summed E-state index contributed by atoms with van der Waals surface area (Å²) >= 11 is 2.82. The first-order valence-corrected chi connectivity index (χ1v) is 11.1. The van der Waals surface area contributed by atoms with Crippen molar-refractivity contribution < 1.29 is 13.2 Å². The zero-order valence-corrected chi connectivity index (χ0v) is 17.0. The zero-order chi connectivity index (χ0) is 18.9. The highest BCUT2D eigenvalue weighted by atomic mass is 32.2. The molecule has 1 amide bonds. The molecule has 1 N–H and O–H groups in total. The van der Waals surface area contributed by atoms with Crippen LogP contribution in [0.3, 0.4) is 0 Å². The summed E-state index contributed by atoms with van der Waals surface area (Å²) in [4.78, 5) is 18.2. The van der Waals surface area contributed by atoms with E-state index in [0.717, 1.165) is 16.1 Å². The molecule has 26 heavy (non-hydrogen) atoms. The lowest BCUT2D eigenvalue weighted by molar-refractivity contribution is -0.117. The summed E-state index contributed by atoms with van der Waals surface area (Å²) in [5.41, 5.74) is 1.72. The number of hydrogen-bond acceptors (Lipinski definition) is 6. The van der Waals surface area contributed by atoms with Gasteiger partial charge in [-0.25, -0.2) is 13.4 Å². The van der Waals surface area contributed by atoms with Gasteiger partial charge in [-0.05, 0) is 44.4 Å². The fourth-order valence-electron chi connectivity index (χ4n) is 2.25. The summed E-state index contributed by atoms with van der Waals surface area (Å²) in [6.45, 7) is 4.69. The molecular weight excluding hydrogens is 388 g/mol. The molecule has 3 aromatic rings. The first-order chi connectivity index (χ1) is 12.2. The highest BCUT2D eigenvalue weighted by Gasteiger charge is 2.43. The average molecular weight is 407 g/mol. The van der Waals surface area contributed by atoms with Crippen molar-refractivity contribution in [3.63, 3.8) is 0 Å². The lowest BCUT2D eigenvalue weighted by Gasteiger charge is -2.23. The average Bonchev–Trinajstić information content (AvgIpc) is 3.26. The van der Waals surface area contributed by atoms with E-state index in [0.29, 0.717) is 5.13 Å². The number of aryl methyl sites for hydroxylation is 1. The highest BCUT2D eigenvalue weighted by molar-refractivity contribution is 7.93. The first kappa shape index (κ1) is 18.8. The van der Waals surface area contributed by atoms with E-state index in [1.807, 2.05) is 29.8 Å². The van der Waals surface area contributed by atoms with Gasteiger partial charge in [0.1, 0.15) is 4.75 Å². The fraction of sp³-hybridized carbons (Fsp3) is 0.222. The molecule has 0 fully saturated rings. The van der Waals surface area contributed by atoms with Crippen molar-refractivity contribution in [2.24, 2.45) is 0 Å². The van der Waals surface area contributed by atoms with Crippen LogP contribution in [0.1, 0.15) is 19.4 Å². The predicted molar refractivity (Wildman–Crippen MR) is 107 cm³/mol. The Hall–Kier alpha value is -2.03. The van der Waals surface area contributed by atoms with Crippen LogP contribution in [0, 0.1) is 6.92 Å². The van der Waals surface area contributed by atoms with E-state index >= 15 is 0 Å². The molecule has 0 aliphatic heterocycles. The molecule has 0 atom stereocenters. The monoisotopic (exact) mass is 406 g/mol. The van der Waals surface area contributed by atoms with Crippen LogP contribution in [0.5, 0.6) is 0 Å². The second-order valence-corrected chi connectivity index (χ2v) is 10.6. The molecular formula is C18H18N2O3S3. The summed E-state index contributed by atoms with van der Waals surface area (Å²) in [7, 11) is -3.84. The number of thiazole rings is 1. The molecule has 136 valence electrons. The summed E-state index contributed by atoms with van der Waals surface area (Å²) in [6.07, 6.45) is 0. The molecule has 0 saturated carbocycles. The van der Waals surface area contributed by atoms with E-state index in [1.54, 1.807) is 23.5 Å². The lowest BCUT2D eigenvalue weighted by Crippen LogP contribution is -2.44. The number of sulfone groups is 1. The van der Waals surface area contributed by atoms with Crippen LogP contribution in [0.15, 0.2) is 52.1 Å². The molecule has 0 spiro atoms. The number of anilines is 1. The number of rotatable bonds is 5. The number of carbonyl (C=O) groups is 1. The lowest BCUT2D eigenvalue weighted by atomic mass is 10.2. The van der Waals surface area contributed by atoms with Gasteiger partial charge in [0.15, 0.2) is 15.0 Å². The molecule has 0 aliphatic rings. The molecule has 0 radical (unpaired) electrons. The number of hydrogen-bond donors (Lipinski definition) is 1. The fourth-order valence-corrected chi connectivity index (χ4v) is 5.10. The van der Waals surface area contributed by atoms with Crippen LogP contribution >= 0.6 is 22.7 Å². The Morgan fingerprint density at radius 1 is 1.12 bits per heavy atom. The number of amides is 1. The molecule has 0 aliphatic carbocycles. The van der Waals surface area contributed by atoms with Crippen molar-refractivity contribution in [3.8, 4) is 10.6 Å². The van der Waals surface area contributed by atoms with Gasteiger partial charge in [-0.15, -0.1) is 22.7 Å². The summed E-state index contributed by atoms with van der Waals surface area (Å²) < 4.78 is 24.2. The topological polar surface area (TPSA) is 76.1 Å². The quantitative estimate of drug-likeness (QED) is 0.682. The first-order valence-electron chi connectivity index (χ1n) is 7.84. The number of thiophene rings is 1. The van der Waals surface area contributed by atoms with E-state index in [4.69, 9.17) is 0 Å². The van der Waals surface area contributed by atoms with Crippen LogP contribution < -0.4 is 5.32 Å². The SMILES string of the molecule is Cc1ccc(S(=O)(=O)C(C)(C)C(=O)Nc2nc(-c3cccs3)cs2)cc1. The molecule has 2 aromatic heterocycles. The van der Waals surface area contributed by atoms with Crippen LogP contribution in [0.4, 0.5) is 5.13 Å². The second-order valence-electron chi connectivity index (χ2n) is 6.30. The van der Waals surface area contributed by atoms with Gasteiger partial charge in [0.25, 0.3) is 0 Å². The smallest absolute Gasteiger partial charge is 0.247 e. The van der Waals surface area contributed by atoms with Crippen molar-refractivity contribution in [1.29, 1.82) is 0 Å². The van der Waals surface area contributed by atoms with Crippen LogP contribution in [0.25, 0.3) is 10.6 Å². The molecule has 3 rings (SSSR count). The summed E-state index contributed by atoms with van der Waals surface area (Å²) in [5, 5.41) is 6.81. The van der Waals surface area contributed by atoms with E-state index in [2.05, 4.69) is 10.3 Å². The Morgan fingerprint density at radius 2 is 1.81 bits per heavy atom. The number of nitrogens with one attached hydrogen (secondary N) is 1. The maximum absolute atomic E-state index is 12.9. The molecule has 1 aromatic carbocycles. The Balaban J connectivity index is 1.83. The number of benzene rings is 1. The number of aromatic nitrogens is 1. The second kappa shape index (κ2) is 6.94. The normalized spacial score (nSPS) is 12.1. The largest absolute Gasteiger partial charge is 0.301 e. The van der Waals surface area contributed by atoms with Crippen LogP contribution in [0.2, 0.25) is 0 Å². The Bertz CT molecular complexity index is 1020. The van der Waals surface area contributed by atoms with Crippen molar-refractivity contribution in [3.05, 3.63) is 52.7 Å². The maximum Gasteiger partial charge on any atom is 0.247 e. The molecule has 0 unspecified atom stereocenters. The Kier molecular flexibility index (Phi) is 5.01. The Labute approximate surface area is 160 Å². The zero-order valence-electron chi connectivity index (χ0n) is 14.5. The minimum absolute atomic E-state index is 0.127. The molecule has 0 saturated heterocycles. The molecule has 5 nitrogen and oxygen atoms in total. The third kappa shape index (κ3) is 3.44. The van der Waals surface area contributed by atoms with E-state index in [1.165, 1.54) is 37.3 Å². The van der Waals surface area contributed by atoms with Gasteiger partial charge in [0.05, 0.1) is 15.5 Å². The van der Waals surface area contributed by atoms with E-state index < -0.39 is 20.5 Å². The van der Waals surface area contributed by atoms with E-state index in [9.17, 15) is 13.2 Å². The van der Waals surface area contributed by atoms with E-state index in [-0.39, 0.29) is 4.90 Å². The third-order valence-corrected chi connectivity index (χ3v) is 8.12. The van der Waals surface area contributed by atoms with Crippen LogP contribution in [-0.2, 0) is 14.6 Å². The molecule has 0 bridgehead atoms. The minimum atomic E-state index is -3.84. The van der Waals surface area contributed by atoms with Gasteiger partial charge in [-0.1, -0.05) is 23.8 Å². The van der Waals surface area contributed by atoms with Gasteiger partial charge in [0.2, 0.25) is 5.91 Å². The van der Waals surface area contributed by atoms with Gasteiger partial charge in [-0.2, -0.15) is 0 Å². The van der Waals surface area contributed by atoms with Crippen molar-refractivity contribution in [1.82, 2.24) is 4.98 Å². The maximum atomic E-state index is 12.9. The van der Waals surface area contributed by atoms with Gasteiger partial charge in [-0.3, -0.25) is 4.79 Å². The predicted octanol–water partition coefficient (Wildman–Crippen LogP) is 4.37. The molecule has 2 heterocycles. The van der Waals surface area contributed by atoms with Crippen LogP contribution in [-0.4, -0.2) is 24.1 Å². The number of nitrogens with zero attached hydrogens (tertiary/aromatic N) is 1. The van der Waals surface area contributed by atoms with Crippen molar-refractivity contribution in [2.75, 3.05) is 5.32 Å². The van der Waals surface area contributed by atoms with Gasteiger partial charge >= 0.3 is 0 Å². The molecule has 8 heteroatoms. The van der Waals surface area contributed by atoms with Gasteiger partial charge < -0.3 is 5.32 Å².